The Morgan fingerprint density at radius 2 is 2.27 bits per heavy atom. The number of amides is 3. The molecule has 0 bridgehead atoms. The predicted octanol–water partition coefficient (Wildman–Crippen LogP) is -0.432. The Morgan fingerprint density at radius 1 is 1.67 bits per heavy atom. The van der Waals surface area contributed by atoms with Crippen molar-refractivity contribution in [3.63, 3.8) is 0 Å². The van der Waals surface area contributed by atoms with Gasteiger partial charge in [-0.2, -0.15) is 12.6 Å². The first-order valence-electron chi connectivity index (χ1n) is 4.79. The summed E-state index contributed by atoms with van der Waals surface area (Å²) in [6.45, 7) is 3.35. The lowest BCUT2D eigenvalue weighted by Gasteiger charge is -2.34. The summed E-state index contributed by atoms with van der Waals surface area (Å²) in [6.07, 6.45) is 0.491. The standard InChI is InChI=1S/C9H14N2O3S/c1-3-6-8(13)10-7(12)4-11(6)9(14)5(2)15/h5-6,15H,3-4H2,1-2H3,(H,10,12,13). The third kappa shape index (κ3) is 2.50. The summed E-state index contributed by atoms with van der Waals surface area (Å²) in [5.74, 6) is -1.13. The van der Waals surface area contributed by atoms with Gasteiger partial charge in [-0.3, -0.25) is 19.7 Å². The minimum Gasteiger partial charge on any atom is -0.320 e. The zero-order valence-corrected chi connectivity index (χ0v) is 9.58. The van der Waals surface area contributed by atoms with Crippen LogP contribution < -0.4 is 5.32 Å². The second-order valence-electron chi connectivity index (χ2n) is 3.48. The van der Waals surface area contributed by atoms with E-state index in [4.69, 9.17) is 0 Å². The van der Waals surface area contributed by atoms with Crippen molar-refractivity contribution in [2.45, 2.75) is 31.6 Å². The van der Waals surface area contributed by atoms with Crippen molar-refractivity contribution >= 4 is 30.4 Å². The highest BCUT2D eigenvalue weighted by atomic mass is 32.1. The predicted molar refractivity (Wildman–Crippen MR) is 57.4 cm³/mol. The highest BCUT2D eigenvalue weighted by Gasteiger charge is 2.36. The van der Waals surface area contributed by atoms with Crippen LogP contribution in [0.15, 0.2) is 0 Å². The molecule has 0 saturated carbocycles. The van der Waals surface area contributed by atoms with Crippen molar-refractivity contribution < 1.29 is 14.4 Å². The van der Waals surface area contributed by atoms with E-state index in [0.29, 0.717) is 6.42 Å². The van der Waals surface area contributed by atoms with Gasteiger partial charge in [0.25, 0.3) is 0 Å². The van der Waals surface area contributed by atoms with Crippen molar-refractivity contribution in [2.24, 2.45) is 0 Å². The zero-order valence-electron chi connectivity index (χ0n) is 8.69. The van der Waals surface area contributed by atoms with Crippen LogP contribution >= 0.6 is 12.6 Å². The molecule has 0 aliphatic carbocycles. The molecule has 84 valence electrons. The zero-order chi connectivity index (χ0) is 11.6. The van der Waals surface area contributed by atoms with Gasteiger partial charge in [0.2, 0.25) is 17.7 Å². The second kappa shape index (κ2) is 4.65. The molecule has 1 saturated heterocycles. The molecule has 2 unspecified atom stereocenters. The van der Waals surface area contributed by atoms with Crippen molar-refractivity contribution in [3.8, 4) is 0 Å². The average molecular weight is 230 g/mol. The maximum Gasteiger partial charge on any atom is 0.249 e. The van der Waals surface area contributed by atoms with Gasteiger partial charge in [-0.15, -0.1) is 0 Å². The molecule has 1 rings (SSSR count). The highest BCUT2D eigenvalue weighted by molar-refractivity contribution is 7.81. The van der Waals surface area contributed by atoms with Gasteiger partial charge >= 0.3 is 0 Å². The fourth-order valence-corrected chi connectivity index (χ4v) is 1.69. The average Bonchev–Trinajstić information content (AvgIpc) is 2.15. The van der Waals surface area contributed by atoms with Gasteiger partial charge < -0.3 is 4.90 Å². The first-order valence-corrected chi connectivity index (χ1v) is 5.31. The minimum absolute atomic E-state index is 0.0615. The molecule has 0 aromatic rings. The maximum atomic E-state index is 11.7. The van der Waals surface area contributed by atoms with Crippen molar-refractivity contribution in [1.29, 1.82) is 0 Å². The third-order valence-corrected chi connectivity index (χ3v) is 2.50. The number of hydrogen-bond donors (Lipinski definition) is 2. The van der Waals surface area contributed by atoms with Crippen molar-refractivity contribution in [1.82, 2.24) is 10.2 Å². The SMILES string of the molecule is CCC1C(=O)NC(=O)CN1C(=O)C(C)S. The van der Waals surface area contributed by atoms with E-state index in [2.05, 4.69) is 17.9 Å². The van der Waals surface area contributed by atoms with Crippen LogP contribution in [-0.2, 0) is 14.4 Å². The molecule has 3 amide bonds. The number of nitrogens with zero attached hydrogens (tertiary/aromatic N) is 1. The fraction of sp³-hybridized carbons (Fsp3) is 0.667. The van der Waals surface area contributed by atoms with E-state index in [1.165, 1.54) is 4.90 Å². The lowest BCUT2D eigenvalue weighted by atomic mass is 10.1. The lowest BCUT2D eigenvalue weighted by molar-refractivity contribution is -0.149. The number of nitrogens with one attached hydrogen (secondary N) is 1. The number of thiol groups is 1. The van der Waals surface area contributed by atoms with Gasteiger partial charge in [-0.05, 0) is 13.3 Å². The van der Waals surface area contributed by atoms with Crippen LogP contribution in [0.2, 0.25) is 0 Å². The van der Waals surface area contributed by atoms with Crippen molar-refractivity contribution in [2.75, 3.05) is 6.54 Å². The molecule has 1 heterocycles. The van der Waals surface area contributed by atoms with E-state index in [1.807, 2.05) is 0 Å². The summed E-state index contributed by atoms with van der Waals surface area (Å²) < 4.78 is 0. The molecule has 0 radical (unpaired) electrons. The summed E-state index contributed by atoms with van der Waals surface area (Å²) in [5, 5.41) is 1.71. The Hall–Kier alpha value is -1.04. The van der Waals surface area contributed by atoms with Crippen molar-refractivity contribution in [3.05, 3.63) is 0 Å². The number of rotatable bonds is 2. The topological polar surface area (TPSA) is 66.5 Å². The second-order valence-corrected chi connectivity index (χ2v) is 4.25. The molecule has 5 nitrogen and oxygen atoms in total. The third-order valence-electron chi connectivity index (χ3n) is 2.28. The molecule has 0 spiro atoms. The Balaban J connectivity index is 2.87. The largest absolute Gasteiger partial charge is 0.320 e. The Morgan fingerprint density at radius 3 is 2.73 bits per heavy atom. The first kappa shape index (κ1) is 12.0. The van der Waals surface area contributed by atoms with Gasteiger partial charge in [0.15, 0.2) is 0 Å². The lowest BCUT2D eigenvalue weighted by Crippen LogP contribution is -2.60. The van der Waals surface area contributed by atoms with Gasteiger partial charge in [0.1, 0.15) is 12.6 Å². The summed E-state index contributed by atoms with van der Waals surface area (Å²) in [4.78, 5) is 35.5. The number of imide groups is 1. The smallest absolute Gasteiger partial charge is 0.249 e. The Labute approximate surface area is 93.6 Å². The molecular weight excluding hydrogens is 216 g/mol. The summed E-state index contributed by atoms with van der Waals surface area (Å²) in [6, 6.07) is -0.551. The molecule has 0 aromatic heterocycles. The minimum atomic E-state index is -0.551. The fourth-order valence-electron chi connectivity index (χ4n) is 1.54. The van der Waals surface area contributed by atoms with E-state index >= 15 is 0 Å². The molecular formula is C9H14N2O3S. The van der Waals surface area contributed by atoms with Crippen LogP contribution in [0.4, 0.5) is 0 Å². The number of carbonyl (C=O) groups is 3. The molecule has 1 aliphatic rings. The molecule has 1 aliphatic heterocycles. The van der Waals surface area contributed by atoms with E-state index in [0.717, 1.165) is 0 Å². The quantitative estimate of drug-likeness (QED) is 0.499. The van der Waals surface area contributed by atoms with E-state index in [-0.39, 0.29) is 12.5 Å². The summed E-state index contributed by atoms with van der Waals surface area (Å²) in [7, 11) is 0. The number of carbonyl (C=O) groups excluding carboxylic acids is 3. The Bertz CT molecular complexity index is 304. The van der Waals surface area contributed by atoms with Gasteiger partial charge in [0, 0.05) is 0 Å². The Kier molecular flexibility index (Phi) is 3.73. The monoisotopic (exact) mass is 230 g/mol. The first-order chi connectivity index (χ1) is 6.97. The highest BCUT2D eigenvalue weighted by Crippen LogP contribution is 2.12. The van der Waals surface area contributed by atoms with Gasteiger partial charge in [-0.1, -0.05) is 6.92 Å². The normalized spacial score (nSPS) is 23.7. The van der Waals surface area contributed by atoms with Crippen LogP contribution in [0.5, 0.6) is 0 Å². The number of hydrogen-bond acceptors (Lipinski definition) is 4. The van der Waals surface area contributed by atoms with E-state index in [1.54, 1.807) is 13.8 Å². The van der Waals surface area contributed by atoms with E-state index < -0.39 is 23.1 Å². The molecule has 0 aromatic carbocycles. The van der Waals surface area contributed by atoms with E-state index in [9.17, 15) is 14.4 Å². The maximum absolute atomic E-state index is 11.7. The van der Waals surface area contributed by atoms with Crippen LogP contribution in [0.1, 0.15) is 20.3 Å². The molecule has 1 N–H and O–H groups in total. The molecule has 15 heavy (non-hydrogen) atoms. The summed E-state index contributed by atoms with van der Waals surface area (Å²) >= 11 is 4.01. The van der Waals surface area contributed by atoms with Gasteiger partial charge in [-0.25, -0.2) is 0 Å². The summed E-state index contributed by atoms with van der Waals surface area (Å²) in [5.41, 5.74) is 0. The molecule has 2 atom stereocenters. The molecule has 1 fully saturated rings. The van der Waals surface area contributed by atoms with Gasteiger partial charge in [0.05, 0.1) is 5.25 Å². The van der Waals surface area contributed by atoms with Crippen LogP contribution in [-0.4, -0.2) is 40.5 Å². The van der Waals surface area contributed by atoms with Crippen LogP contribution in [0.25, 0.3) is 0 Å². The molecule has 6 heteroatoms. The van der Waals surface area contributed by atoms with Crippen LogP contribution in [0.3, 0.4) is 0 Å². The van der Waals surface area contributed by atoms with Crippen LogP contribution in [0, 0.1) is 0 Å². The number of piperazine rings is 1.